The molecule has 4 nitrogen and oxygen atoms in total. The van der Waals surface area contributed by atoms with Crippen LogP contribution in [0.15, 0.2) is 73.1 Å². The molecule has 1 N–H and O–H groups in total. The number of aromatic nitrogens is 2. The monoisotopic (exact) mass is 385 g/mol. The summed E-state index contributed by atoms with van der Waals surface area (Å²) in [5.74, 6) is 0.882. The van der Waals surface area contributed by atoms with E-state index in [0.29, 0.717) is 6.04 Å². The van der Waals surface area contributed by atoms with Crippen LogP contribution in [0.4, 0.5) is 5.69 Å². The summed E-state index contributed by atoms with van der Waals surface area (Å²) in [7, 11) is 1.70. The molecule has 0 aliphatic carbocycles. The first-order valence-corrected chi connectivity index (χ1v) is 10.0. The quantitative estimate of drug-likeness (QED) is 0.435. The number of benzene rings is 3. The average molecular weight is 386 g/mol. The number of nitrogens with zero attached hydrogens (tertiary/aromatic N) is 2. The normalized spacial score (nSPS) is 11.2. The standard InChI is InChI=1S/C25H27N3O/c1-18(2)28-17-27-25-23(26-16-20-7-5-4-6-8-20)14-21(15-24(25)28)13-19-9-11-22(29-3)12-10-19/h4-12,14-15,17-18,26H,13,16H2,1-3H3. The van der Waals surface area contributed by atoms with Gasteiger partial charge in [0.15, 0.2) is 0 Å². The molecule has 148 valence electrons. The van der Waals surface area contributed by atoms with Crippen molar-refractivity contribution in [1.82, 2.24) is 9.55 Å². The van der Waals surface area contributed by atoms with E-state index in [9.17, 15) is 0 Å². The van der Waals surface area contributed by atoms with Gasteiger partial charge in [-0.15, -0.1) is 0 Å². The number of methoxy groups -OCH3 is 1. The number of hydrogen-bond donors (Lipinski definition) is 1. The van der Waals surface area contributed by atoms with E-state index in [-0.39, 0.29) is 0 Å². The SMILES string of the molecule is COc1ccc(Cc2cc(NCc3ccccc3)c3ncn(C(C)C)c3c2)cc1. The summed E-state index contributed by atoms with van der Waals surface area (Å²) < 4.78 is 7.52. The van der Waals surface area contributed by atoms with Gasteiger partial charge in [0.1, 0.15) is 11.3 Å². The second-order valence-electron chi connectivity index (χ2n) is 7.62. The van der Waals surface area contributed by atoms with E-state index < -0.39 is 0 Å². The Morgan fingerprint density at radius 3 is 2.38 bits per heavy atom. The first-order chi connectivity index (χ1) is 14.1. The first kappa shape index (κ1) is 19.1. The molecule has 0 spiro atoms. The maximum Gasteiger partial charge on any atom is 0.118 e. The Bertz CT molecular complexity index is 1080. The number of imidazole rings is 1. The van der Waals surface area contributed by atoms with Crippen molar-refractivity contribution in [2.75, 3.05) is 12.4 Å². The molecule has 4 aromatic rings. The van der Waals surface area contributed by atoms with Crippen molar-refractivity contribution in [1.29, 1.82) is 0 Å². The summed E-state index contributed by atoms with van der Waals surface area (Å²) in [5, 5.41) is 3.60. The van der Waals surface area contributed by atoms with Crippen LogP contribution in [-0.4, -0.2) is 16.7 Å². The Hall–Kier alpha value is -3.27. The van der Waals surface area contributed by atoms with Crippen molar-refractivity contribution >= 4 is 16.7 Å². The largest absolute Gasteiger partial charge is 0.497 e. The lowest BCUT2D eigenvalue weighted by molar-refractivity contribution is 0.414. The third-order valence-corrected chi connectivity index (χ3v) is 5.19. The highest BCUT2D eigenvalue weighted by molar-refractivity contribution is 5.89. The molecule has 0 fully saturated rings. The Balaban J connectivity index is 1.68. The Kier molecular flexibility index (Phi) is 5.52. The predicted molar refractivity (Wildman–Crippen MR) is 120 cm³/mol. The van der Waals surface area contributed by atoms with Gasteiger partial charge in [-0.1, -0.05) is 42.5 Å². The van der Waals surface area contributed by atoms with Gasteiger partial charge in [-0.2, -0.15) is 0 Å². The first-order valence-electron chi connectivity index (χ1n) is 10.0. The van der Waals surface area contributed by atoms with Gasteiger partial charge >= 0.3 is 0 Å². The average Bonchev–Trinajstić information content (AvgIpc) is 3.18. The molecule has 29 heavy (non-hydrogen) atoms. The Morgan fingerprint density at radius 2 is 1.69 bits per heavy atom. The highest BCUT2D eigenvalue weighted by Gasteiger charge is 2.12. The molecule has 0 unspecified atom stereocenters. The van der Waals surface area contributed by atoms with E-state index in [1.54, 1.807) is 7.11 Å². The second-order valence-corrected chi connectivity index (χ2v) is 7.62. The smallest absolute Gasteiger partial charge is 0.118 e. The summed E-state index contributed by atoms with van der Waals surface area (Å²) in [6, 6.07) is 23.6. The minimum absolute atomic E-state index is 0.359. The summed E-state index contributed by atoms with van der Waals surface area (Å²) >= 11 is 0. The summed E-state index contributed by atoms with van der Waals surface area (Å²) in [6.07, 6.45) is 2.81. The molecule has 0 saturated heterocycles. The van der Waals surface area contributed by atoms with Crippen molar-refractivity contribution < 1.29 is 4.74 Å². The zero-order valence-electron chi connectivity index (χ0n) is 17.2. The van der Waals surface area contributed by atoms with Crippen LogP contribution < -0.4 is 10.1 Å². The van der Waals surface area contributed by atoms with Crippen LogP contribution >= 0.6 is 0 Å². The van der Waals surface area contributed by atoms with Gasteiger partial charge < -0.3 is 14.6 Å². The Labute approximate surface area is 172 Å². The highest BCUT2D eigenvalue weighted by Crippen LogP contribution is 2.28. The maximum absolute atomic E-state index is 5.28. The van der Waals surface area contributed by atoms with Gasteiger partial charge in [0.2, 0.25) is 0 Å². The van der Waals surface area contributed by atoms with Gasteiger partial charge in [-0.3, -0.25) is 0 Å². The fourth-order valence-electron chi connectivity index (χ4n) is 3.61. The fourth-order valence-corrected chi connectivity index (χ4v) is 3.61. The van der Waals surface area contributed by atoms with Crippen LogP contribution in [-0.2, 0) is 13.0 Å². The molecule has 0 aliphatic heterocycles. The molecular weight excluding hydrogens is 358 g/mol. The van der Waals surface area contributed by atoms with Crippen LogP contribution in [0, 0.1) is 0 Å². The minimum Gasteiger partial charge on any atom is -0.497 e. The van der Waals surface area contributed by atoms with Crippen molar-refractivity contribution in [2.24, 2.45) is 0 Å². The molecule has 1 heterocycles. The van der Waals surface area contributed by atoms with Crippen molar-refractivity contribution in [3.63, 3.8) is 0 Å². The van der Waals surface area contributed by atoms with E-state index in [1.807, 2.05) is 24.5 Å². The molecule has 0 amide bonds. The molecule has 4 rings (SSSR count). The molecule has 0 radical (unpaired) electrons. The lowest BCUT2D eigenvalue weighted by atomic mass is 10.0. The van der Waals surface area contributed by atoms with E-state index in [0.717, 1.165) is 29.9 Å². The van der Waals surface area contributed by atoms with Crippen LogP contribution in [0.3, 0.4) is 0 Å². The zero-order chi connectivity index (χ0) is 20.2. The summed E-state index contributed by atoms with van der Waals surface area (Å²) in [5.41, 5.74) is 7.05. The minimum atomic E-state index is 0.359. The summed E-state index contributed by atoms with van der Waals surface area (Å²) in [6.45, 7) is 5.15. The fraction of sp³-hybridized carbons (Fsp3) is 0.240. The van der Waals surface area contributed by atoms with Crippen LogP contribution in [0.1, 0.15) is 36.6 Å². The molecule has 0 bridgehead atoms. The van der Waals surface area contributed by atoms with Crippen LogP contribution in [0.25, 0.3) is 11.0 Å². The van der Waals surface area contributed by atoms with E-state index in [4.69, 9.17) is 9.72 Å². The molecule has 0 aliphatic rings. The number of nitrogens with one attached hydrogen (secondary N) is 1. The molecule has 4 heteroatoms. The molecule has 1 aromatic heterocycles. The maximum atomic E-state index is 5.28. The molecular formula is C25H27N3O. The summed E-state index contributed by atoms with van der Waals surface area (Å²) in [4.78, 5) is 4.71. The van der Waals surface area contributed by atoms with E-state index in [1.165, 1.54) is 22.2 Å². The van der Waals surface area contributed by atoms with E-state index >= 15 is 0 Å². The predicted octanol–water partition coefficient (Wildman–Crippen LogP) is 5.83. The lowest BCUT2D eigenvalue weighted by Gasteiger charge is -2.13. The van der Waals surface area contributed by atoms with Crippen molar-refractivity contribution in [3.05, 3.63) is 89.7 Å². The van der Waals surface area contributed by atoms with Gasteiger partial charge in [0.05, 0.1) is 24.6 Å². The Morgan fingerprint density at radius 1 is 0.931 bits per heavy atom. The number of fused-ring (bicyclic) bond motifs is 1. The van der Waals surface area contributed by atoms with Gasteiger partial charge in [-0.25, -0.2) is 4.98 Å². The number of rotatable bonds is 7. The third kappa shape index (κ3) is 4.27. The van der Waals surface area contributed by atoms with Gasteiger partial charge in [0, 0.05) is 12.6 Å². The van der Waals surface area contributed by atoms with Crippen molar-refractivity contribution in [2.45, 2.75) is 32.9 Å². The zero-order valence-corrected chi connectivity index (χ0v) is 17.2. The second kappa shape index (κ2) is 8.39. The third-order valence-electron chi connectivity index (χ3n) is 5.19. The van der Waals surface area contributed by atoms with Gasteiger partial charge in [0.25, 0.3) is 0 Å². The molecule has 0 saturated carbocycles. The number of ether oxygens (including phenoxy) is 1. The molecule has 3 aromatic carbocycles. The molecule has 0 atom stereocenters. The highest BCUT2D eigenvalue weighted by atomic mass is 16.5. The van der Waals surface area contributed by atoms with Crippen LogP contribution in [0.5, 0.6) is 5.75 Å². The lowest BCUT2D eigenvalue weighted by Crippen LogP contribution is -2.03. The number of anilines is 1. The van der Waals surface area contributed by atoms with E-state index in [2.05, 4.69) is 72.3 Å². The van der Waals surface area contributed by atoms with Crippen molar-refractivity contribution in [3.8, 4) is 5.75 Å². The number of hydrogen-bond acceptors (Lipinski definition) is 3. The van der Waals surface area contributed by atoms with Gasteiger partial charge in [-0.05, 0) is 61.2 Å². The topological polar surface area (TPSA) is 39.1 Å². The van der Waals surface area contributed by atoms with Crippen LogP contribution in [0.2, 0.25) is 0 Å².